The summed E-state index contributed by atoms with van der Waals surface area (Å²) in [5.74, 6) is 0. The van der Waals surface area contributed by atoms with Crippen molar-refractivity contribution in [3.8, 4) is 0 Å². The van der Waals surface area contributed by atoms with Crippen molar-refractivity contribution in [1.82, 2.24) is 15.2 Å². The molecule has 19 heavy (non-hydrogen) atoms. The van der Waals surface area contributed by atoms with Crippen LogP contribution in [0.1, 0.15) is 32.1 Å². The van der Waals surface area contributed by atoms with Crippen LogP contribution >= 0.6 is 11.3 Å². The Morgan fingerprint density at radius 3 is 2.68 bits per heavy atom. The number of hydrogen-bond acceptors (Lipinski definition) is 5. The molecule has 0 unspecified atom stereocenters. The quantitative estimate of drug-likeness (QED) is 0.810. The van der Waals surface area contributed by atoms with Gasteiger partial charge in [-0.25, -0.2) is 4.98 Å². The highest BCUT2D eigenvalue weighted by Gasteiger charge is 2.20. The lowest BCUT2D eigenvalue weighted by molar-refractivity contribution is 0.209. The number of thiazole rings is 1. The number of piperazine rings is 1. The van der Waals surface area contributed by atoms with E-state index in [9.17, 15) is 0 Å². The van der Waals surface area contributed by atoms with Crippen LogP contribution in [0.4, 0.5) is 5.13 Å². The molecule has 1 aliphatic heterocycles. The van der Waals surface area contributed by atoms with Gasteiger partial charge >= 0.3 is 0 Å². The first-order valence-corrected chi connectivity index (χ1v) is 8.16. The summed E-state index contributed by atoms with van der Waals surface area (Å²) in [5, 5.41) is 4.62. The number of anilines is 1. The summed E-state index contributed by atoms with van der Waals surface area (Å²) in [7, 11) is 0. The van der Waals surface area contributed by atoms with Crippen LogP contribution in [0.2, 0.25) is 0 Å². The van der Waals surface area contributed by atoms with Gasteiger partial charge in [-0.15, -0.1) is 11.3 Å². The fourth-order valence-electron chi connectivity index (χ4n) is 2.34. The average Bonchev–Trinajstić information content (AvgIpc) is 2.88. The molecule has 2 rings (SSSR count). The summed E-state index contributed by atoms with van der Waals surface area (Å²) in [6.45, 7) is 13.3. The second-order valence-corrected chi connectivity index (χ2v) is 6.50. The van der Waals surface area contributed by atoms with Crippen LogP contribution in [-0.4, -0.2) is 48.6 Å². The van der Waals surface area contributed by atoms with E-state index in [4.69, 9.17) is 0 Å². The number of rotatable bonds is 6. The van der Waals surface area contributed by atoms with Crippen LogP contribution in [0, 0.1) is 0 Å². The van der Waals surface area contributed by atoms with Gasteiger partial charge in [0.2, 0.25) is 0 Å². The normalized spacial score (nSPS) is 17.4. The predicted octanol–water partition coefficient (Wildman–Crippen LogP) is 2.17. The van der Waals surface area contributed by atoms with E-state index in [1.807, 2.05) is 17.5 Å². The van der Waals surface area contributed by atoms with E-state index in [-0.39, 0.29) is 0 Å². The fourth-order valence-corrected chi connectivity index (χ4v) is 3.27. The van der Waals surface area contributed by atoms with Gasteiger partial charge in [-0.1, -0.05) is 6.92 Å². The molecular formula is C14H26N4S. The van der Waals surface area contributed by atoms with Crippen LogP contribution < -0.4 is 10.2 Å². The molecular weight excluding hydrogens is 256 g/mol. The van der Waals surface area contributed by atoms with Gasteiger partial charge in [0, 0.05) is 49.8 Å². The lowest BCUT2D eigenvalue weighted by Gasteiger charge is -2.36. The fraction of sp³-hybridized carbons (Fsp3) is 0.786. The minimum Gasteiger partial charge on any atom is -0.346 e. The van der Waals surface area contributed by atoms with Crippen molar-refractivity contribution in [2.45, 2.75) is 39.8 Å². The zero-order valence-corrected chi connectivity index (χ0v) is 13.2. The Labute approximate surface area is 120 Å². The second kappa shape index (κ2) is 7.22. The van der Waals surface area contributed by atoms with Gasteiger partial charge in [-0.3, -0.25) is 4.90 Å². The molecule has 0 aliphatic carbocycles. The molecule has 0 spiro atoms. The molecule has 2 heterocycles. The van der Waals surface area contributed by atoms with E-state index in [0.29, 0.717) is 6.04 Å². The number of hydrogen-bond donors (Lipinski definition) is 1. The zero-order valence-electron chi connectivity index (χ0n) is 12.4. The van der Waals surface area contributed by atoms with E-state index >= 15 is 0 Å². The van der Waals surface area contributed by atoms with Crippen LogP contribution in [0.15, 0.2) is 6.20 Å². The number of nitrogens with zero attached hydrogens (tertiary/aromatic N) is 3. The lowest BCUT2D eigenvalue weighted by atomic mass is 10.2. The molecule has 0 bridgehead atoms. The maximum atomic E-state index is 4.57. The molecule has 1 aliphatic rings. The van der Waals surface area contributed by atoms with E-state index in [1.165, 1.54) is 16.4 Å². The van der Waals surface area contributed by atoms with E-state index in [1.54, 1.807) is 0 Å². The van der Waals surface area contributed by atoms with E-state index < -0.39 is 0 Å². The highest BCUT2D eigenvalue weighted by atomic mass is 32.1. The number of nitrogens with one attached hydrogen (secondary N) is 1. The molecule has 1 N–H and O–H groups in total. The third-order valence-corrected chi connectivity index (χ3v) is 4.64. The molecule has 108 valence electrons. The van der Waals surface area contributed by atoms with Crippen LogP contribution in [0.5, 0.6) is 0 Å². The molecule has 1 aromatic heterocycles. The third-order valence-electron chi connectivity index (χ3n) is 3.58. The molecule has 0 amide bonds. The Morgan fingerprint density at radius 2 is 2.05 bits per heavy atom. The summed E-state index contributed by atoms with van der Waals surface area (Å²) in [5.41, 5.74) is 0. The Kier molecular flexibility index (Phi) is 5.60. The average molecular weight is 282 g/mol. The smallest absolute Gasteiger partial charge is 0.185 e. The molecule has 5 heteroatoms. The van der Waals surface area contributed by atoms with Crippen LogP contribution in [0.3, 0.4) is 0 Å². The van der Waals surface area contributed by atoms with Crippen molar-refractivity contribution >= 4 is 16.5 Å². The summed E-state index contributed by atoms with van der Waals surface area (Å²) >= 11 is 1.83. The molecule has 1 fully saturated rings. The molecule has 0 atom stereocenters. The first-order valence-electron chi connectivity index (χ1n) is 7.35. The minimum atomic E-state index is 0.659. The predicted molar refractivity (Wildman–Crippen MR) is 83.0 cm³/mol. The van der Waals surface area contributed by atoms with Gasteiger partial charge in [0.25, 0.3) is 0 Å². The first kappa shape index (κ1) is 14.8. The van der Waals surface area contributed by atoms with Crippen molar-refractivity contribution < 1.29 is 0 Å². The monoisotopic (exact) mass is 282 g/mol. The summed E-state index contributed by atoms with van der Waals surface area (Å²) in [6.07, 6.45) is 3.21. The third kappa shape index (κ3) is 4.16. The summed E-state index contributed by atoms with van der Waals surface area (Å²) in [6, 6.07) is 0.659. The molecule has 4 nitrogen and oxygen atoms in total. The van der Waals surface area contributed by atoms with Crippen molar-refractivity contribution in [2.75, 3.05) is 37.6 Å². The van der Waals surface area contributed by atoms with Crippen LogP contribution in [-0.2, 0) is 6.54 Å². The van der Waals surface area contributed by atoms with Crippen LogP contribution in [0.25, 0.3) is 0 Å². The van der Waals surface area contributed by atoms with Gasteiger partial charge in [0.1, 0.15) is 0 Å². The Bertz CT molecular complexity index is 369. The first-order chi connectivity index (χ1) is 9.20. The summed E-state index contributed by atoms with van der Waals surface area (Å²) in [4.78, 5) is 10.9. The van der Waals surface area contributed by atoms with Crippen molar-refractivity contribution in [1.29, 1.82) is 0 Å². The lowest BCUT2D eigenvalue weighted by Crippen LogP contribution is -2.48. The Balaban J connectivity index is 1.82. The highest BCUT2D eigenvalue weighted by Crippen LogP contribution is 2.23. The molecule has 0 saturated carbocycles. The minimum absolute atomic E-state index is 0.659. The topological polar surface area (TPSA) is 31.4 Å². The number of aromatic nitrogens is 1. The van der Waals surface area contributed by atoms with Gasteiger partial charge < -0.3 is 10.2 Å². The second-order valence-electron chi connectivity index (χ2n) is 5.40. The van der Waals surface area contributed by atoms with E-state index in [2.05, 4.69) is 40.9 Å². The van der Waals surface area contributed by atoms with Gasteiger partial charge in [0.05, 0.1) is 0 Å². The van der Waals surface area contributed by atoms with Crippen molar-refractivity contribution in [2.24, 2.45) is 0 Å². The standard InChI is InChI=1S/C14H26N4S/c1-4-5-15-10-13-11-16-14(19-13)18-8-6-17(7-9-18)12(2)3/h11-12,15H,4-10H2,1-3H3. The summed E-state index contributed by atoms with van der Waals surface area (Å²) < 4.78 is 0. The molecule has 0 radical (unpaired) electrons. The Morgan fingerprint density at radius 1 is 1.32 bits per heavy atom. The zero-order chi connectivity index (χ0) is 13.7. The van der Waals surface area contributed by atoms with E-state index in [0.717, 1.165) is 39.3 Å². The Hall–Kier alpha value is -0.650. The maximum Gasteiger partial charge on any atom is 0.185 e. The van der Waals surface area contributed by atoms with Gasteiger partial charge in [-0.05, 0) is 26.8 Å². The van der Waals surface area contributed by atoms with Gasteiger partial charge in [-0.2, -0.15) is 0 Å². The SMILES string of the molecule is CCCNCc1cnc(N2CCN(C(C)C)CC2)s1. The maximum absolute atomic E-state index is 4.57. The molecule has 1 saturated heterocycles. The molecule has 1 aromatic rings. The van der Waals surface area contributed by atoms with Crippen molar-refractivity contribution in [3.63, 3.8) is 0 Å². The van der Waals surface area contributed by atoms with Crippen molar-refractivity contribution in [3.05, 3.63) is 11.1 Å². The van der Waals surface area contributed by atoms with Gasteiger partial charge in [0.15, 0.2) is 5.13 Å². The largest absolute Gasteiger partial charge is 0.346 e. The molecule has 0 aromatic carbocycles. The highest BCUT2D eigenvalue weighted by molar-refractivity contribution is 7.15.